The first-order valence-electron chi connectivity index (χ1n) is 3.66. The Bertz CT molecular complexity index is 253. The average Bonchev–Trinajstić information content (AvgIpc) is 2.06. The summed E-state index contributed by atoms with van der Waals surface area (Å²) in [6.07, 6.45) is 0. The standard InChI is InChI=1S/C8H10O3P.ClH/c1-2-10-12(9)11-8-6-4-3-5-7-8;/h3-7H,2H2,1H3;1H/q+1;. The number of rotatable bonds is 4. The fourth-order valence-electron chi connectivity index (χ4n) is 0.699. The Hall–Kier alpha value is -0.630. The van der Waals surface area contributed by atoms with E-state index in [9.17, 15) is 4.57 Å². The van der Waals surface area contributed by atoms with Gasteiger partial charge < -0.3 is 0 Å². The lowest BCUT2D eigenvalue weighted by Gasteiger charge is -1.89. The van der Waals surface area contributed by atoms with Gasteiger partial charge in [-0.25, -0.2) is 4.52 Å². The van der Waals surface area contributed by atoms with E-state index in [1.54, 1.807) is 19.1 Å². The lowest BCUT2D eigenvalue weighted by Crippen LogP contribution is -1.85. The van der Waals surface area contributed by atoms with Gasteiger partial charge in [0.25, 0.3) is 0 Å². The highest BCUT2D eigenvalue weighted by Gasteiger charge is 2.19. The molecular weight excluding hydrogens is 211 g/mol. The number of halogens is 1. The zero-order chi connectivity index (χ0) is 8.81. The number of hydrogen-bond donors (Lipinski definition) is 0. The van der Waals surface area contributed by atoms with Crippen LogP contribution >= 0.6 is 20.7 Å². The molecule has 0 amide bonds. The lowest BCUT2D eigenvalue weighted by atomic mass is 10.3. The van der Waals surface area contributed by atoms with Crippen LogP contribution in [-0.2, 0) is 9.09 Å². The molecule has 5 heteroatoms. The van der Waals surface area contributed by atoms with Gasteiger partial charge in [-0.1, -0.05) is 18.2 Å². The summed E-state index contributed by atoms with van der Waals surface area (Å²) in [5.74, 6) is 0.562. The Morgan fingerprint density at radius 1 is 1.31 bits per heavy atom. The van der Waals surface area contributed by atoms with Crippen molar-refractivity contribution in [3.05, 3.63) is 30.3 Å². The van der Waals surface area contributed by atoms with Crippen LogP contribution < -0.4 is 4.52 Å². The third-order valence-electron chi connectivity index (χ3n) is 1.16. The van der Waals surface area contributed by atoms with Crippen LogP contribution in [0.2, 0.25) is 0 Å². The van der Waals surface area contributed by atoms with Crippen molar-refractivity contribution in [1.82, 2.24) is 0 Å². The minimum absolute atomic E-state index is 0. The maximum Gasteiger partial charge on any atom is 0.750 e. The molecule has 0 saturated heterocycles. The zero-order valence-electron chi connectivity index (χ0n) is 7.17. The average molecular weight is 222 g/mol. The fraction of sp³-hybridized carbons (Fsp3) is 0.250. The van der Waals surface area contributed by atoms with Gasteiger partial charge in [-0.15, -0.1) is 16.9 Å². The summed E-state index contributed by atoms with van der Waals surface area (Å²) >= 11 is 0. The van der Waals surface area contributed by atoms with Gasteiger partial charge in [0.15, 0.2) is 5.75 Å². The Labute approximate surface area is 84.4 Å². The van der Waals surface area contributed by atoms with Crippen LogP contribution in [0, 0.1) is 0 Å². The molecule has 1 atom stereocenters. The van der Waals surface area contributed by atoms with E-state index in [4.69, 9.17) is 9.05 Å². The molecule has 0 aliphatic carbocycles. The molecule has 0 bridgehead atoms. The van der Waals surface area contributed by atoms with Gasteiger partial charge >= 0.3 is 8.25 Å². The topological polar surface area (TPSA) is 35.5 Å². The quantitative estimate of drug-likeness (QED) is 0.733. The third kappa shape index (κ3) is 4.83. The molecule has 0 N–H and O–H groups in total. The van der Waals surface area contributed by atoms with Crippen LogP contribution in [0.1, 0.15) is 6.92 Å². The monoisotopic (exact) mass is 221 g/mol. The highest BCUT2D eigenvalue weighted by atomic mass is 35.5. The molecule has 0 aromatic heterocycles. The second-order valence-corrected chi connectivity index (χ2v) is 2.93. The zero-order valence-corrected chi connectivity index (χ0v) is 8.88. The summed E-state index contributed by atoms with van der Waals surface area (Å²) in [6.45, 7) is 2.16. The first kappa shape index (κ1) is 12.4. The van der Waals surface area contributed by atoms with Crippen LogP contribution in [-0.4, -0.2) is 6.61 Å². The van der Waals surface area contributed by atoms with Gasteiger partial charge in [0.2, 0.25) is 0 Å². The molecule has 72 valence electrons. The van der Waals surface area contributed by atoms with E-state index in [2.05, 4.69) is 0 Å². The molecule has 1 aromatic rings. The third-order valence-corrected chi connectivity index (χ3v) is 1.99. The van der Waals surface area contributed by atoms with Gasteiger partial charge in [0, 0.05) is 4.57 Å². The van der Waals surface area contributed by atoms with Crippen molar-refractivity contribution in [3.8, 4) is 5.75 Å². The van der Waals surface area contributed by atoms with Crippen molar-refractivity contribution in [2.75, 3.05) is 6.61 Å². The van der Waals surface area contributed by atoms with Gasteiger partial charge in [-0.05, 0) is 19.1 Å². The summed E-state index contributed by atoms with van der Waals surface area (Å²) in [5.41, 5.74) is 0. The highest BCUT2D eigenvalue weighted by Crippen LogP contribution is 2.26. The Morgan fingerprint density at radius 2 is 1.92 bits per heavy atom. The summed E-state index contributed by atoms with van der Waals surface area (Å²) in [5, 5.41) is 0. The molecule has 1 unspecified atom stereocenters. The molecule has 1 aromatic carbocycles. The van der Waals surface area contributed by atoms with Crippen molar-refractivity contribution in [2.24, 2.45) is 0 Å². The van der Waals surface area contributed by atoms with Crippen molar-refractivity contribution in [1.29, 1.82) is 0 Å². The van der Waals surface area contributed by atoms with Crippen molar-refractivity contribution >= 4 is 20.7 Å². The molecule has 13 heavy (non-hydrogen) atoms. The van der Waals surface area contributed by atoms with E-state index in [1.807, 2.05) is 18.2 Å². The molecule has 0 saturated carbocycles. The molecule has 0 radical (unpaired) electrons. The van der Waals surface area contributed by atoms with E-state index < -0.39 is 8.25 Å². The molecule has 0 aliphatic rings. The Kier molecular flexibility index (Phi) is 6.51. The van der Waals surface area contributed by atoms with Crippen molar-refractivity contribution in [2.45, 2.75) is 6.92 Å². The summed E-state index contributed by atoms with van der Waals surface area (Å²) in [4.78, 5) is 0. The first-order chi connectivity index (χ1) is 5.83. The normalized spacial score (nSPS) is 10.1. The second kappa shape index (κ2) is 6.84. The van der Waals surface area contributed by atoms with Crippen LogP contribution in [0.15, 0.2) is 30.3 Å². The lowest BCUT2D eigenvalue weighted by molar-refractivity contribution is 0.302. The van der Waals surface area contributed by atoms with E-state index in [1.165, 1.54) is 0 Å². The van der Waals surface area contributed by atoms with Gasteiger partial charge in [0.1, 0.15) is 6.61 Å². The SMILES string of the molecule is CCO[P+](=O)Oc1ccccc1.Cl. The molecule has 0 spiro atoms. The maximum atomic E-state index is 10.9. The molecular formula is C8H11ClO3P+. The van der Waals surface area contributed by atoms with Crippen LogP contribution in [0.3, 0.4) is 0 Å². The van der Waals surface area contributed by atoms with Crippen LogP contribution in [0.5, 0.6) is 5.75 Å². The minimum Gasteiger partial charge on any atom is -0.229 e. The molecule has 0 aliphatic heterocycles. The van der Waals surface area contributed by atoms with E-state index >= 15 is 0 Å². The van der Waals surface area contributed by atoms with Gasteiger partial charge in [-0.3, -0.25) is 0 Å². The first-order valence-corrected chi connectivity index (χ1v) is 4.75. The minimum atomic E-state index is -2.01. The van der Waals surface area contributed by atoms with Crippen molar-refractivity contribution < 1.29 is 13.6 Å². The second-order valence-electron chi connectivity index (χ2n) is 2.05. The van der Waals surface area contributed by atoms with E-state index in [-0.39, 0.29) is 12.4 Å². The molecule has 0 fully saturated rings. The number of benzene rings is 1. The molecule has 3 nitrogen and oxygen atoms in total. The van der Waals surface area contributed by atoms with Gasteiger partial charge in [0.05, 0.1) is 0 Å². The Morgan fingerprint density at radius 3 is 2.46 bits per heavy atom. The predicted octanol–water partition coefficient (Wildman–Crippen LogP) is 3.18. The van der Waals surface area contributed by atoms with E-state index in [0.29, 0.717) is 12.4 Å². The van der Waals surface area contributed by atoms with Crippen molar-refractivity contribution in [3.63, 3.8) is 0 Å². The Balaban J connectivity index is 0.00000144. The highest BCUT2D eigenvalue weighted by molar-refractivity contribution is 7.33. The predicted molar refractivity (Wildman–Crippen MR) is 53.6 cm³/mol. The maximum absolute atomic E-state index is 10.9. The van der Waals surface area contributed by atoms with Gasteiger partial charge in [-0.2, -0.15) is 0 Å². The molecule has 1 rings (SSSR count). The number of hydrogen-bond acceptors (Lipinski definition) is 3. The smallest absolute Gasteiger partial charge is 0.229 e. The molecule has 0 heterocycles. The number of para-hydroxylation sites is 1. The van der Waals surface area contributed by atoms with E-state index in [0.717, 1.165) is 0 Å². The summed E-state index contributed by atoms with van der Waals surface area (Å²) in [6, 6.07) is 8.94. The largest absolute Gasteiger partial charge is 0.750 e. The summed E-state index contributed by atoms with van der Waals surface area (Å²) < 4.78 is 20.6. The summed E-state index contributed by atoms with van der Waals surface area (Å²) in [7, 11) is -2.01. The van der Waals surface area contributed by atoms with Crippen LogP contribution in [0.4, 0.5) is 0 Å². The van der Waals surface area contributed by atoms with Crippen LogP contribution in [0.25, 0.3) is 0 Å². The fourth-order valence-corrected chi connectivity index (χ4v) is 1.26.